The molecule has 0 atom stereocenters. The smallest absolute Gasteiger partial charge is 0.307 e. The summed E-state index contributed by atoms with van der Waals surface area (Å²) in [5.41, 5.74) is 10.7. The number of aromatic nitrogens is 1. The van der Waals surface area contributed by atoms with Crippen LogP contribution in [-0.4, -0.2) is 28.6 Å². The zero-order valence-corrected chi connectivity index (χ0v) is 16.9. The van der Waals surface area contributed by atoms with Gasteiger partial charge in [0, 0.05) is 23.6 Å². The van der Waals surface area contributed by atoms with E-state index in [9.17, 15) is 14.7 Å². The maximum absolute atomic E-state index is 12.3. The molecule has 0 radical (unpaired) electrons. The monoisotopic (exact) mass is 412 g/mol. The minimum atomic E-state index is -0.978. The molecular formula is C25H20N2O4. The van der Waals surface area contributed by atoms with Crippen molar-refractivity contribution in [3.05, 3.63) is 70.9 Å². The van der Waals surface area contributed by atoms with Crippen LogP contribution in [-0.2, 0) is 17.6 Å². The minimum Gasteiger partial charge on any atom is -0.493 e. The molecule has 154 valence electrons. The summed E-state index contributed by atoms with van der Waals surface area (Å²) < 4.78 is 5.85. The molecule has 1 aliphatic heterocycles. The number of amides is 1. The molecule has 4 aromatic rings. The number of nitrogens with zero attached hydrogens (tertiary/aromatic N) is 1. The molecule has 2 heterocycles. The predicted octanol–water partition coefficient (Wildman–Crippen LogP) is 4.02. The number of hydrogen-bond donors (Lipinski definition) is 2. The van der Waals surface area contributed by atoms with Gasteiger partial charge >= 0.3 is 5.97 Å². The number of benzene rings is 3. The Morgan fingerprint density at radius 2 is 1.90 bits per heavy atom. The molecule has 3 N–H and O–H groups in total. The van der Waals surface area contributed by atoms with Gasteiger partial charge in [-0.3, -0.25) is 14.6 Å². The van der Waals surface area contributed by atoms with Gasteiger partial charge in [-0.15, -0.1) is 0 Å². The van der Waals surface area contributed by atoms with Crippen molar-refractivity contribution < 1.29 is 19.4 Å². The Balaban J connectivity index is 1.97. The highest BCUT2D eigenvalue weighted by Crippen LogP contribution is 2.43. The van der Waals surface area contributed by atoms with Crippen molar-refractivity contribution in [2.75, 3.05) is 6.61 Å². The highest BCUT2D eigenvalue weighted by atomic mass is 16.5. The van der Waals surface area contributed by atoms with Crippen LogP contribution in [0.25, 0.3) is 32.8 Å². The average Bonchev–Trinajstić information content (AvgIpc) is 2.75. The zero-order valence-electron chi connectivity index (χ0n) is 16.9. The van der Waals surface area contributed by atoms with Gasteiger partial charge in [0.1, 0.15) is 5.75 Å². The fourth-order valence-corrected chi connectivity index (χ4v) is 4.72. The number of primary amides is 1. The lowest BCUT2D eigenvalue weighted by Crippen LogP contribution is -2.16. The van der Waals surface area contributed by atoms with Crippen molar-refractivity contribution in [1.29, 1.82) is 0 Å². The number of aliphatic carboxylic acids is 1. The quantitative estimate of drug-likeness (QED) is 0.527. The third-order valence-electron chi connectivity index (χ3n) is 6.01. The van der Waals surface area contributed by atoms with E-state index >= 15 is 0 Å². The first-order chi connectivity index (χ1) is 15.0. The van der Waals surface area contributed by atoms with Crippen molar-refractivity contribution in [3.8, 4) is 16.9 Å². The van der Waals surface area contributed by atoms with Gasteiger partial charge in [-0.2, -0.15) is 0 Å². The highest BCUT2D eigenvalue weighted by molar-refractivity contribution is 6.15. The van der Waals surface area contributed by atoms with Crippen LogP contribution in [0.3, 0.4) is 0 Å². The summed E-state index contributed by atoms with van der Waals surface area (Å²) in [6, 6.07) is 13.3. The zero-order chi connectivity index (χ0) is 21.7. The van der Waals surface area contributed by atoms with E-state index in [-0.39, 0.29) is 6.42 Å². The third kappa shape index (κ3) is 2.91. The number of carbonyl (C=O) groups excluding carboxylic acids is 1. The fourth-order valence-electron chi connectivity index (χ4n) is 4.72. The van der Waals surface area contributed by atoms with Gasteiger partial charge in [-0.1, -0.05) is 24.3 Å². The fraction of sp³-hybridized carbons (Fsp3) is 0.160. The van der Waals surface area contributed by atoms with Gasteiger partial charge in [-0.25, -0.2) is 0 Å². The van der Waals surface area contributed by atoms with Gasteiger partial charge in [0.2, 0.25) is 5.91 Å². The van der Waals surface area contributed by atoms with Crippen LogP contribution in [0.5, 0.6) is 5.75 Å². The summed E-state index contributed by atoms with van der Waals surface area (Å²) in [5, 5.41) is 12.1. The number of rotatable bonds is 4. The van der Waals surface area contributed by atoms with Crippen molar-refractivity contribution in [2.45, 2.75) is 19.8 Å². The van der Waals surface area contributed by atoms with Gasteiger partial charge in [0.25, 0.3) is 0 Å². The lowest BCUT2D eigenvalue weighted by molar-refractivity contribution is -0.136. The molecule has 3 aromatic carbocycles. The molecule has 0 fully saturated rings. The molecule has 0 spiro atoms. The predicted molar refractivity (Wildman–Crippen MR) is 118 cm³/mol. The molecule has 6 heteroatoms. The number of pyridine rings is 1. The maximum Gasteiger partial charge on any atom is 0.307 e. The first-order valence-electron chi connectivity index (χ1n) is 10.1. The molecule has 1 amide bonds. The van der Waals surface area contributed by atoms with Crippen LogP contribution >= 0.6 is 0 Å². The molecular weight excluding hydrogens is 392 g/mol. The van der Waals surface area contributed by atoms with Crippen LogP contribution < -0.4 is 10.5 Å². The second kappa shape index (κ2) is 7.09. The molecule has 31 heavy (non-hydrogen) atoms. The first-order valence-corrected chi connectivity index (χ1v) is 10.1. The van der Waals surface area contributed by atoms with Gasteiger partial charge in [0.05, 0.1) is 24.1 Å². The summed E-state index contributed by atoms with van der Waals surface area (Å²) in [6.07, 6.45) is 2.34. The first kappa shape index (κ1) is 19.1. The molecule has 1 aromatic heterocycles. The minimum absolute atomic E-state index is 0.230. The number of hydrogen-bond acceptors (Lipinski definition) is 4. The molecule has 5 rings (SSSR count). The van der Waals surface area contributed by atoms with E-state index < -0.39 is 11.9 Å². The normalized spacial score (nSPS) is 12.7. The number of carboxylic acid groups (broad SMARTS) is 1. The Kier molecular flexibility index (Phi) is 4.36. The van der Waals surface area contributed by atoms with Crippen LogP contribution in [0.4, 0.5) is 0 Å². The van der Waals surface area contributed by atoms with Gasteiger partial charge in [0.15, 0.2) is 0 Å². The number of fused-ring (bicyclic) bond motifs is 1. The number of nitrogens with two attached hydrogens (primary N) is 1. The molecule has 6 nitrogen and oxygen atoms in total. The van der Waals surface area contributed by atoms with E-state index in [2.05, 4.69) is 4.98 Å². The van der Waals surface area contributed by atoms with E-state index in [0.717, 1.165) is 45.1 Å². The summed E-state index contributed by atoms with van der Waals surface area (Å²) in [7, 11) is 0. The van der Waals surface area contributed by atoms with E-state index in [0.29, 0.717) is 28.7 Å². The molecule has 0 saturated carbocycles. The van der Waals surface area contributed by atoms with Crippen molar-refractivity contribution in [2.24, 2.45) is 5.73 Å². The lowest BCUT2D eigenvalue weighted by Gasteiger charge is -2.22. The third-order valence-corrected chi connectivity index (χ3v) is 6.01. The Morgan fingerprint density at radius 1 is 1.13 bits per heavy atom. The SMILES string of the molecule is Cc1c(CC(=O)O)c(-c2ccc3c4c(ccnc24)CCO3)c2ccccc2c1C(N)=O. The Bertz CT molecular complexity index is 1400. The van der Waals surface area contributed by atoms with Crippen molar-refractivity contribution in [1.82, 2.24) is 4.98 Å². The largest absolute Gasteiger partial charge is 0.493 e. The average molecular weight is 412 g/mol. The molecule has 0 aliphatic carbocycles. The molecule has 0 saturated heterocycles. The van der Waals surface area contributed by atoms with E-state index in [4.69, 9.17) is 10.5 Å². The number of carbonyl (C=O) groups is 2. The van der Waals surface area contributed by atoms with Crippen LogP contribution in [0.2, 0.25) is 0 Å². The molecule has 0 unspecified atom stereocenters. The summed E-state index contributed by atoms with van der Waals surface area (Å²) in [6.45, 7) is 2.38. The Labute approximate surface area is 178 Å². The van der Waals surface area contributed by atoms with Gasteiger partial charge in [-0.05, 0) is 58.1 Å². The highest BCUT2D eigenvalue weighted by Gasteiger charge is 2.25. The summed E-state index contributed by atoms with van der Waals surface area (Å²) in [4.78, 5) is 28.8. The number of carboxylic acids is 1. The van der Waals surface area contributed by atoms with Crippen LogP contribution in [0.1, 0.15) is 27.0 Å². The maximum atomic E-state index is 12.3. The van der Waals surface area contributed by atoms with Crippen molar-refractivity contribution >= 4 is 33.6 Å². The second-order valence-electron chi connectivity index (χ2n) is 7.74. The Hall–Kier alpha value is -3.93. The lowest BCUT2D eigenvalue weighted by atomic mass is 9.84. The van der Waals surface area contributed by atoms with Gasteiger partial charge < -0.3 is 15.6 Å². The standard InChI is InChI=1S/C25H20N2O4/c1-13-18(12-20(28)29)23(16-5-3-2-4-15(16)21(13)25(26)30)17-6-7-19-22-14(9-11-31-19)8-10-27-24(17)22/h2-8,10H,9,11-12H2,1H3,(H2,26,30)(H,28,29). The van der Waals surface area contributed by atoms with E-state index in [1.54, 1.807) is 13.1 Å². The molecule has 0 bridgehead atoms. The molecule has 1 aliphatic rings. The van der Waals surface area contributed by atoms with Crippen molar-refractivity contribution in [3.63, 3.8) is 0 Å². The summed E-state index contributed by atoms with van der Waals surface area (Å²) >= 11 is 0. The van der Waals surface area contributed by atoms with Crippen LogP contribution in [0, 0.1) is 6.92 Å². The summed E-state index contributed by atoms with van der Waals surface area (Å²) in [5.74, 6) is -0.771. The van der Waals surface area contributed by atoms with E-state index in [1.807, 2.05) is 42.5 Å². The second-order valence-corrected chi connectivity index (χ2v) is 7.74. The number of ether oxygens (including phenoxy) is 1. The Morgan fingerprint density at radius 3 is 2.65 bits per heavy atom. The topological polar surface area (TPSA) is 103 Å². The van der Waals surface area contributed by atoms with Crippen LogP contribution in [0.15, 0.2) is 48.7 Å². The van der Waals surface area contributed by atoms with E-state index in [1.165, 1.54) is 0 Å².